The fourth-order valence-corrected chi connectivity index (χ4v) is 17.2. The van der Waals surface area contributed by atoms with Crippen LogP contribution in [0.5, 0.6) is 0 Å². The third-order valence-corrected chi connectivity index (χ3v) is 20.9. The molecule has 0 unspecified atom stereocenters. The molecule has 8 heteroatoms. The first kappa shape index (κ1) is 46.4. The number of hydrogen-bond acceptors (Lipinski definition) is 5. The summed E-state index contributed by atoms with van der Waals surface area (Å²) in [6, 6.07) is 95.6. The van der Waals surface area contributed by atoms with Crippen molar-refractivity contribution in [2.45, 2.75) is 0 Å². The van der Waals surface area contributed by atoms with Gasteiger partial charge in [0.15, 0.2) is 5.82 Å². The van der Waals surface area contributed by atoms with Crippen LogP contribution in [0.1, 0.15) is 0 Å². The van der Waals surface area contributed by atoms with Gasteiger partial charge in [0.05, 0.1) is 44.5 Å². The van der Waals surface area contributed by atoms with Gasteiger partial charge in [0.1, 0.15) is 0 Å². The molecule has 390 valence electrons. The number of hydrogen-bond donors (Lipinski definition) is 0. The van der Waals surface area contributed by atoms with E-state index in [1.54, 1.807) is 0 Å². The minimum Gasteiger partial charge on any atom is -0.309 e. The molecule has 5 nitrogen and oxygen atoms in total. The number of rotatable bonds is 6. The van der Waals surface area contributed by atoms with Crippen LogP contribution in [-0.4, -0.2) is 23.7 Å². The topological polar surface area (TPSA) is 40.6 Å². The molecule has 0 bridgehead atoms. The normalized spacial score (nSPS) is 12.3. The van der Waals surface area contributed by atoms with Crippen LogP contribution in [0.4, 0.5) is 0 Å². The SMILES string of the molecule is c1ccc2c(c1)sc1ccc3c(c4ccccc4n3-c3ccc(-c4cc(-c5ccc(-n6c7ccccc7c7c8c(ccc76)sc6ccccc68)cc5)nc(-c5ccc(-n6c7ccccc7c7c8c(ccc76)sc6ccccc68)cc5)n4)cc3)c12. The lowest BCUT2D eigenvalue weighted by Gasteiger charge is -2.13. The van der Waals surface area contributed by atoms with Crippen LogP contribution in [0.2, 0.25) is 0 Å². The lowest BCUT2D eigenvalue weighted by atomic mass is 10.1. The van der Waals surface area contributed by atoms with Crippen molar-refractivity contribution in [1.82, 2.24) is 23.7 Å². The number of benzene rings is 12. The number of fused-ring (bicyclic) bond motifs is 21. The van der Waals surface area contributed by atoms with Crippen molar-refractivity contribution in [2.24, 2.45) is 0 Å². The first-order valence-electron chi connectivity index (χ1n) is 28.4. The Labute approximate surface area is 492 Å². The number of thiophene rings is 3. The van der Waals surface area contributed by atoms with Crippen LogP contribution < -0.4 is 0 Å². The Morgan fingerprint density at radius 1 is 0.226 bits per heavy atom. The Kier molecular flexibility index (Phi) is 9.75. The van der Waals surface area contributed by atoms with Crippen molar-refractivity contribution in [1.29, 1.82) is 0 Å². The highest BCUT2D eigenvalue weighted by Gasteiger charge is 2.22. The van der Waals surface area contributed by atoms with Crippen LogP contribution in [-0.2, 0) is 0 Å². The molecule has 7 heterocycles. The maximum atomic E-state index is 5.44. The van der Waals surface area contributed by atoms with Gasteiger partial charge in [-0.05, 0) is 127 Å². The molecule has 0 aliphatic carbocycles. The summed E-state index contributed by atoms with van der Waals surface area (Å²) in [6.45, 7) is 0. The molecular weight excluding hydrogens is 1080 g/mol. The molecule has 84 heavy (non-hydrogen) atoms. The maximum Gasteiger partial charge on any atom is 0.160 e. The molecule has 0 saturated heterocycles. The first-order chi connectivity index (χ1) is 41.6. The van der Waals surface area contributed by atoms with Gasteiger partial charge in [-0.3, -0.25) is 0 Å². The minimum absolute atomic E-state index is 0.666. The van der Waals surface area contributed by atoms with Crippen LogP contribution in [0, 0.1) is 0 Å². The third-order valence-electron chi connectivity index (χ3n) is 17.5. The summed E-state index contributed by atoms with van der Waals surface area (Å²) in [6.07, 6.45) is 0. The van der Waals surface area contributed by atoms with Crippen LogP contribution in [0.3, 0.4) is 0 Å². The molecular formula is C76H43N5S3. The van der Waals surface area contributed by atoms with E-state index < -0.39 is 0 Å². The van der Waals surface area contributed by atoms with E-state index in [2.05, 4.69) is 275 Å². The van der Waals surface area contributed by atoms with E-state index in [0.29, 0.717) is 5.82 Å². The third kappa shape index (κ3) is 6.64. The molecule has 0 N–H and O–H groups in total. The molecule has 0 atom stereocenters. The van der Waals surface area contributed by atoms with E-state index in [1.165, 1.54) is 126 Å². The van der Waals surface area contributed by atoms with Crippen LogP contribution in [0.25, 0.3) is 177 Å². The maximum absolute atomic E-state index is 5.44. The summed E-state index contributed by atoms with van der Waals surface area (Å²) >= 11 is 5.60. The molecule has 0 saturated carbocycles. The summed E-state index contributed by atoms with van der Waals surface area (Å²) in [5.41, 5.74) is 15.1. The predicted molar refractivity (Wildman–Crippen MR) is 360 cm³/mol. The van der Waals surface area contributed by atoms with Gasteiger partial charge < -0.3 is 13.7 Å². The summed E-state index contributed by atoms with van der Waals surface area (Å²) in [7, 11) is 0. The van der Waals surface area contributed by atoms with Crippen LogP contribution >= 0.6 is 34.0 Å². The Hall–Kier alpha value is -10.2. The van der Waals surface area contributed by atoms with E-state index in [4.69, 9.17) is 9.97 Å². The zero-order valence-corrected chi connectivity index (χ0v) is 47.2. The van der Waals surface area contributed by atoms with Gasteiger partial charge in [-0.1, -0.05) is 133 Å². The highest BCUT2D eigenvalue weighted by molar-refractivity contribution is 7.26. The lowest BCUT2D eigenvalue weighted by molar-refractivity contribution is 1.16. The van der Waals surface area contributed by atoms with Gasteiger partial charge in [-0.15, -0.1) is 34.0 Å². The smallest absolute Gasteiger partial charge is 0.160 e. The Bertz CT molecular complexity index is 5370. The van der Waals surface area contributed by atoms with Crippen molar-refractivity contribution in [3.05, 3.63) is 261 Å². The van der Waals surface area contributed by atoms with E-state index in [0.717, 1.165) is 45.1 Å². The average molecular weight is 1120 g/mol. The second kappa shape index (κ2) is 17.6. The fourth-order valence-electron chi connectivity index (χ4n) is 13.9. The number of nitrogens with zero attached hydrogens (tertiary/aromatic N) is 5. The zero-order chi connectivity index (χ0) is 54.7. The molecule has 0 fully saturated rings. The largest absolute Gasteiger partial charge is 0.309 e. The summed E-state index contributed by atoms with van der Waals surface area (Å²) in [5, 5.41) is 15.5. The van der Waals surface area contributed by atoms with Crippen molar-refractivity contribution in [3.8, 4) is 51.0 Å². The van der Waals surface area contributed by atoms with Gasteiger partial charge in [-0.2, -0.15) is 0 Å². The Morgan fingerprint density at radius 3 is 0.869 bits per heavy atom. The van der Waals surface area contributed by atoms with Crippen molar-refractivity contribution >= 4 is 160 Å². The van der Waals surface area contributed by atoms with E-state index in [-0.39, 0.29) is 0 Å². The molecule has 7 aromatic heterocycles. The van der Waals surface area contributed by atoms with Crippen molar-refractivity contribution < 1.29 is 0 Å². The number of para-hydroxylation sites is 3. The summed E-state index contributed by atoms with van der Waals surface area (Å²) in [4.78, 5) is 10.9. The van der Waals surface area contributed by atoms with Gasteiger partial charge in [-0.25, -0.2) is 9.97 Å². The fraction of sp³-hybridized carbons (Fsp3) is 0. The monoisotopic (exact) mass is 1120 g/mol. The highest BCUT2D eigenvalue weighted by Crippen LogP contribution is 2.47. The highest BCUT2D eigenvalue weighted by atomic mass is 32.1. The molecule has 0 spiro atoms. The molecule has 0 aliphatic heterocycles. The van der Waals surface area contributed by atoms with E-state index in [9.17, 15) is 0 Å². The second-order valence-corrected chi connectivity index (χ2v) is 25.2. The summed E-state index contributed by atoms with van der Waals surface area (Å²) in [5.74, 6) is 0.666. The Morgan fingerprint density at radius 2 is 0.524 bits per heavy atom. The molecule has 19 aromatic rings. The first-order valence-corrected chi connectivity index (χ1v) is 30.8. The molecule has 19 rings (SSSR count). The average Bonchev–Trinajstić information content (AvgIpc) is 4.27. The summed E-state index contributed by atoms with van der Waals surface area (Å²) < 4.78 is 15.1. The minimum atomic E-state index is 0.666. The molecule has 0 aliphatic rings. The van der Waals surface area contributed by atoms with Gasteiger partial charge in [0.25, 0.3) is 0 Å². The van der Waals surface area contributed by atoms with Gasteiger partial charge >= 0.3 is 0 Å². The zero-order valence-electron chi connectivity index (χ0n) is 44.8. The second-order valence-electron chi connectivity index (χ2n) is 22.0. The molecule has 12 aromatic carbocycles. The predicted octanol–water partition coefficient (Wildman–Crippen LogP) is 21.9. The molecule has 0 radical (unpaired) electrons. The standard InChI is InChI=1S/C76H43N5S3/c1-7-19-58-50(13-1)70-61(37-40-67-73(70)53-16-4-10-22-64(53)82-67)79(58)47-31-25-44(26-32-47)56-43-57(45-27-33-48(34-28-45)80-59-20-8-2-14-51(59)71-62(80)38-41-68-74(71)54-17-5-11-23-65(54)83-68)78-76(77-56)46-29-35-49(36-30-46)81-60-21-9-3-15-52(60)72-63(81)39-42-69-75(72)55-18-6-12-24-66(55)84-69/h1-43H. The van der Waals surface area contributed by atoms with Crippen molar-refractivity contribution in [3.63, 3.8) is 0 Å². The van der Waals surface area contributed by atoms with Gasteiger partial charge in [0, 0.05) is 127 Å². The van der Waals surface area contributed by atoms with Crippen LogP contribution in [0.15, 0.2) is 261 Å². The van der Waals surface area contributed by atoms with E-state index >= 15 is 0 Å². The lowest BCUT2D eigenvalue weighted by Crippen LogP contribution is -1.98. The Balaban J connectivity index is 0.758. The van der Waals surface area contributed by atoms with E-state index in [1.807, 2.05) is 34.0 Å². The van der Waals surface area contributed by atoms with Gasteiger partial charge in [0.2, 0.25) is 0 Å². The quantitative estimate of drug-likeness (QED) is 0.166. The number of aromatic nitrogens is 5. The van der Waals surface area contributed by atoms with Crippen molar-refractivity contribution in [2.75, 3.05) is 0 Å². The molecule has 0 amide bonds.